The van der Waals surface area contributed by atoms with Crippen molar-refractivity contribution < 1.29 is 14.7 Å². The molecular weight excluding hydrogens is 246 g/mol. The molecule has 6 nitrogen and oxygen atoms in total. The molecule has 0 aliphatic carbocycles. The van der Waals surface area contributed by atoms with Crippen molar-refractivity contribution in [2.75, 3.05) is 26.2 Å². The van der Waals surface area contributed by atoms with E-state index in [1.807, 2.05) is 13.0 Å². The molecule has 0 radical (unpaired) electrons. The maximum Gasteiger partial charge on any atom is 0.269 e. The first-order valence-corrected chi connectivity index (χ1v) is 6.14. The molecule has 1 rings (SSSR count). The van der Waals surface area contributed by atoms with Gasteiger partial charge in [0.2, 0.25) is 0 Å². The lowest BCUT2D eigenvalue weighted by molar-refractivity contribution is -0.123. The van der Waals surface area contributed by atoms with E-state index >= 15 is 0 Å². The molecule has 1 aromatic carbocycles. The normalized spacial score (nSPS) is 10.3. The summed E-state index contributed by atoms with van der Waals surface area (Å²) in [6.07, 6.45) is 0. The quantitative estimate of drug-likeness (QED) is 0.620. The number of aliphatic hydroxyl groups excluding tert-OH is 1. The SMILES string of the molecule is CCN(CCO)CC(=O)NNC(=O)c1ccccc1. The third-order valence-electron chi connectivity index (χ3n) is 2.58. The highest BCUT2D eigenvalue weighted by atomic mass is 16.3. The first kappa shape index (κ1) is 15.1. The predicted octanol–water partition coefficient (Wildman–Crippen LogP) is -0.238. The molecule has 0 saturated carbocycles. The molecule has 0 saturated heterocycles. The van der Waals surface area contributed by atoms with Crippen molar-refractivity contribution in [1.29, 1.82) is 0 Å². The molecule has 0 aromatic heterocycles. The van der Waals surface area contributed by atoms with Crippen LogP contribution in [0.3, 0.4) is 0 Å². The lowest BCUT2D eigenvalue weighted by atomic mass is 10.2. The van der Waals surface area contributed by atoms with E-state index in [2.05, 4.69) is 10.9 Å². The second-order valence-electron chi connectivity index (χ2n) is 3.96. The topological polar surface area (TPSA) is 81.7 Å². The summed E-state index contributed by atoms with van der Waals surface area (Å²) in [5, 5.41) is 8.80. The number of hydrogen-bond donors (Lipinski definition) is 3. The zero-order chi connectivity index (χ0) is 14.1. The summed E-state index contributed by atoms with van der Waals surface area (Å²) < 4.78 is 0. The average molecular weight is 265 g/mol. The Morgan fingerprint density at radius 2 is 1.89 bits per heavy atom. The van der Waals surface area contributed by atoms with Gasteiger partial charge >= 0.3 is 0 Å². The van der Waals surface area contributed by atoms with Crippen LogP contribution in [0.2, 0.25) is 0 Å². The Morgan fingerprint density at radius 1 is 1.21 bits per heavy atom. The maximum absolute atomic E-state index is 11.7. The molecule has 0 atom stereocenters. The molecule has 0 bridgehead atoms. The van der Waals surface area contributed by atoms with Crippen LogP contribution in [0.15, 0.2) is 30.3 Å². The molecule has 3 N–H and O–H groups in total. The zero-order valence-electron chi connectivity index (χ0n) is 10.9. The molecule has 2 amide bonds. The lowest BCUT2D eigenvalue weighted by Crippen LogP contribution is -2.46. The van der Waals surface area contributed by atoms with E-state index in [4.69, 9.17) is 5.11 Å². The number of amides is 2. The van der Waals surface area contributed by atoms with E-state index < -0.39 is 0 Å². The molecule has 0 aliphatic rings. The highest BCUT2D eigenvalue weighted by Gasteiger charge is 2.10. The number of hydrogen-bond acceptors (Lipinski definition) is 4. The van der Waals surface area contributed by atoms with Gasteiger partial charge in [0.1, 0.15) is 0 Å². The number of benzene rings is 1. The Bertz CT molecular complexity index is 409. The molecule has 0 aliphatic heterocycles. The molecule has 0 fully saturated rings. The Labute approximate surface area is 112 Å². The van der Waals surface area contributed by atoms with Gasteiger partial charge in [0.15, 0.2) is 0 Å². The molecule has 0 heterocycles. The van der Waals surface area contributed by atoms with Crippen LogP contribution in [-0.2, 0) is 4.79 Å². The van der Waals surface area contributed by atoms with Crippen molar-refractivity contribution in [1.82, 2.24) is 15.8 Å². The molecule has 0 spiro atoms. The van der Waals surface area contributed by atoms with Crippen LogP contribution in [0.4, 0.5) is 0 Å². The van der Waals surface area contributed by atoms with Crippen molar-refractivity contribution in [2.45, 2.75) is 6.92 Å². The van der Waals surface area contributed by atoms with Gasteiger partial charge in [-0.1, -0.05) is 25.1 Å². The Balaban J connectivity index is 2.36. The van der Waals surface area contributed by atoms with E-state index in [0.29, 0.717) is 18.7 Å². The number of nitrogens with zero attached hydrogens (tertiary/aromatic N) is 1. The molecule has 1 aromatic rings. The van der Waals surface area contributed by atoms with E-state index in [0.717, 1.165) is 0 Å². The molecule has 0 unspecified atom stereocenters. The van der Waals surface area contributed by atoms with Crippen LogP contribution in [0.25, 0.3) is 0 Å². The van der Waals surface area contributed by atoms with Crippen LogP contribution in [-0.4, -0.2) is 48.1 Å². The fraction of sp³-hybridized carbons (Fsp3) is 0.385. The number of carbonyl (C=O) groups is 2. The van der Waals surface area contributed by atoms with Crippen molar-refractivity contribution in [3.63, 3.8) is 0 Å². The largest absolute Gasteiger partial charge is 0.395 e. The van der Waals surface area contributed by atoms with Crippen molar-refractivity contribution in [3.8, 4) is 0 Å². The Hall–Kier alpha value is -1.92. The van der Waals surface area contributed by atoms with Gasteiger partial charge in [-0.05, 0) is 18.7 Å². The smallest absolute Gasteiger partial charge is 0.269 e. The summed E-state index contributed by atoms with van der Waals surface area (Å²) in [7, 11) is 0. The predicted molar refractivity (Wildman–Crippen MR) is 71.3 cm³/mol. The minimum Gasteiger partial charge on any atom is -0.395 e. The second-order valence-corrected chi connectivity index (χ2v) is 3.96. The first-order chi connectivity index (χ1) is 9.17. The molecular formula is C13H19N3O3. The highest BCUT2D eigenvalue weighted by molar-refractivity contribution is 5.95. The number of aliphatic hydroxyl groups is 1. The monoisotopic (exact) mass is 265 g/mol. The minimum atomic E-state index is -0.362. The van der Waals surface area contributed by atoms with E-state index in [-0.39, 0.29) is 25.0 Å². The summed E-state index contributed by atoms with van der Waals surface area (Å²) in [6, 6.07) is 8.62. The Kier molecular flexibility index (Phi) is 6.56. The van der Waals surface area contributed by atoms with Crippen LogP contribution in [0.5, 0.6) is 0 Å². The molecule has 6 heteroatoms. The number of hydrazine groups is 1. The van der Waals surface area contributed by atoms with Gasteiger partial charge in [0.25, 0.3) is 11.8 Å². The standard InChI is InChI=1S/C13H19N3O3/c1-2-16(8-9-17)10-12(18)14-15-13(19)11-6-4-3-5-7-11/h3-7,17H,2,8-10H2,1H3,(H,14,18)(H,15,19). The van der Waals surface area contributed by atoms with Gasteiger partial charge in [-0.3, -0.25) is 25.3 Å². The fourth-order valence-electron chi connectivity index (χ4n) is 1.52. The van der Waals surface area contributed by atoms with Crippen molar-refractivity contribution in [2.24, 2.45) is 0 Å². The Morgan fingerprint density at radius 3 is 2.47 bits per heavy atom. The van der Waals surface area contributed by atoms with Gasteiger partial charge < -0.3 is 5.11 Å². The van der Waals surface area contributed by atoms with Gasteiger partial charge in [-0.2, -0.15) is 0 Å². The van der Waals surface area contributed by atoms with Crippen LogP contribution < -0.4 is 10.9 Å². The van der Waals surface area contributed by atoms with E-state index in [1.54, 1.807) is 29.2 Å². The summed E-state index contributed by atoms with van der Waals surface area (Å²) in [4.78, 5) is 25.0. The second kappa shape index (κ2) is 8.23. The summed E-state index contributed by atoms with van der Waals surface area (Å²) in [6.45, 7) is 3.10. The first-order valence-electron chi connectivity index (χ1n) is 6.14. The average Bonchev–Trinajstić information content (AvgIpc) is 2.45. The van der Waals surface area contributed by atoms with Crippen LogP contribution in [0, 0.1) is 0 Å². The summed E-state index contributed by atoms with van der Waals surface area (Å²) >= 11 is 0. The number of likely N-dealkylation sites (N-methyl/N-ethyl adjacent to an activating group) is 1. The maximum atomic E-state index is 11.7. The lowest BCUT2D eigenvalue weighted by Gasteiger charge is -2.18. The van der Waals surface area contributed by atoms with Gasteiger partial charge in [-0.25, -0.2) is 0 Å². The number of rotatable bonds is 6. The minimum absolute atomic E-state index is 0.00249. The van der Waals surface area contributed by atoms with Crippen LogP contribution in [0.1, 0.15) is 17.3 Å². The molecule has 19 heavy (non-hydrogen) atoms. The summed E-state index contributed by atoms with van der Waals surface area (Å²) in [5.41, 5.74) is 5.16. The highest BCUT2D eigenvalue weighted by Crippen LogP contribution is 1.96. The third kappa shape index (κ3) is 5.50. The number of nitrogens with one attached hydrogen (secondary N) is 2. The molecule has 104 valence electrons. The van der Waals surface area contributed by atoms with Gasteiger partial charge in [0, 0.05) is 12.1 Å². The third-order valence-corrected chi connectivity index (χ3v) is 2.58. The van der Waals surface area contributed by atoms with E-state index in [9.17, 15) is 9.59 Å². The number of carbonyl (C=O) groups excluding carboxylic acids is 2. The van der Waals surface area contributed by atoms with Crippen LogP contribution >= 0.6 is 0 Å². The zero-order valence-corrected chi connectivity index (χ0v) is 10.9. The van der Waals surface area contributed by atoms with Gasteiger partial charge in [0.05, 0.1) is 13.2 Å². The van der Waals surface area contributed by atoms with E-state index in [1.165, 1.54) is 0 Å². The summed E-state index contributed by atoms with van der Waals surface area (Å²) in [5.74, 6) is -0.682. The van der Waals surface area contributed by atoms with Crippen molar-refractivity contribution in [3.05, 3.63) is 35.9 Å². The van der Waals surface area contributed by atoms with Gasteiger partial charge in [-0.15, -0.1) is 0 Å². The van der Waals surface area contributed by atoms with Crippen molar-refractivity contribution >= 4 is 11.8 Å². The fourth-order valence-corrected chi connectivity index (χ4v) is 1.52.